The summed E-state index contributed by atoms with van der Waals surface area (Å²) < 4.78 is 5.34. The third-order valence-corrected chi connectivity index (χ3v) is 2.40. The largest absolute Gasteiger partial charge is 0.494 e. The number of ether oxygens (including phenoxy) is 1. The maximum Gasteiger partial charge on any atom is 0.303 e. The van der Waals surface area contributed by atoms with Gasteiger partial charge >= 0.3 is 5.97 Å². The lowest BCUT2D eigenvalue weighted by atomic mass is 10.3. The number of aryl methyl sites for hydroxylation is 1. The lowest BCUT2D eigenvalue weighted by Gasteiger charge is -2.03. The SMILES string of the molecule is CCOc1ccc(-n2nnc(CCC(=O)O)n2)cc1. The average molecular weight is 262 g/mol. The third kappa shape index (κ3) is 3.51. The molecule has 0 radical (unpaired) electrons. The van der Waals surface area contributed by atoms with Gasteiger partial charge in [-0.2, -0.15) is 0 Å². The van der Waals surface area contributed by atoms with Crippen molar-refractivity contribution in [2.75, 3.05) is 6.61 Å². The molecule has 0 amide bonds. The molecular formula is C12H14N4O3. The zero-order valence-electron chi connectivity index (χ0n) is 10.5. The first kappa shape index (κ1) is 13.0. The van der Waals surface area contributed by atoms with Gasteiger partial charge in [-0.1, -0.05) is 0 Å². The van der Waals surface area contributed by atoms with Gasteiger partial charge in [0.1, 0.15) is 5.75 Å². The fraction of sp³-hybridized carbons (Fsp3) is 0.333. The summed E-state index contributed by atoms with van der Waals surface area (Å²) in [7, 11) is 0. The quantitative estimate of drug-likeness (QED) is 0.837. The molecule has 0 aliphatic heterocycles. The molecule has 1 N–H and O–H groups in total. The highest BCUT2D eigenvalue weighted by molar-refractivity contribution is 5.66. The number of carboxylic acid groups (broad SMARTS) is 1. The van der Waals surface area contributed by atoms with Crippen LogP contribution in [0.3, 0.4) is 0 Å². The standard InChI is InChI=1S/C12H14N4O3/c1-2-19-10-5-3-9(4-6-10)16-14-11(13-15-16)7-8-12(17)18/h3-6H,2,7-8H2,1H3,(H,17,18). The van der Waals surface area contributed by atoms with Gasteiger partial charge in [0.2, 0.25) is 0 Å². The van der Waals surface area contributed by atoms with Crippen LogP contribution in [0.5, 0.6) is 5.75 Å². The van der Waals surface area contributed by atoms with E-state index in [2.05, 4.69) is 15.4 Å². The normalized spacial score (nSPS) is 10.4. The summed E-state index contributed by atoms with van der Waals surface area (Å²) in [6.07, 6.45) is 0.265. The summed E-state index contributed by atoms with van der Waals surface area (Å²) in [5.41, 5.74) is 0.748. The van der Waals surface area contributed by atoms with E-state index in [1.165, 1.54) is 4.80 Å². The Bertz CT molecular complexity index is 550. The summed E-state index contributed by atoms with van der Waals surface area (Å²) in [4.78, 5) is 11.8. The van der Waals surface area contributed by atoms with Crippen LogP contribution in [-0.4, -0.2) is 37.9 Å². The topological polar surface area (TPSA) is 90.1 Å². The lowest BCUT2D eigenvalue weighted by Crippen LogP contribution is -2.01. The van der Waals surface area contributed by atoms with Crippen molar-refractivity contribution in [1.29, 1.82) is 0 Å². The number of carboxylic acids is 1. The Morgan fingerprint density at radius 3 is 2.74 bits per heavy atom. The first-order valence-corrected chi connectivity index (χ1v) is 5.93. The highest BCUT2D eigenvalue weighted by Crippen LogP contribution is 2.13. The zero-order valence-corrected chi connectivity index (χ0v) is 10.5. The molecule has 1 aromatic carbocycles. The molecule has 0 fully saturated rings. The van der Waals surface area contributed by atoms with Crippen molar-refractivity contribution >= 4 is 5.97 Å². The minimum atomic E-state index is -0.877. The molecule has 2 aromatic rings. The molecule has 0 aliphatic carbocycles. The fourth-order valence-corrected chi connectivity index (χ4v) is 1.51. The van der Waals surface area contributed by atoms with Crippen LogP contribution in [0.2, 0.25) is 0 Å². The molecule has 0 saturated carbocycles. The van der Waals surface area contributed by atoms with Crippen molar-refractivity contribution in [1.82, 2.24) is 20.2 Å². The third-order valence-electron chi connectivity index (χ3n) is 2.40. The van der Waals surface area contributed by atoms with Crippen molar-refractivity contribution in [2.45, 2.75) is 19.8 Å². The second-order valence-corrected chi connectivity index (χ2v) is 3.82. The zero-order chi connectivity index (χ0) is 13.7. The van der Waals surface area contributed by atoms with E-state index in [4.69, 9.17) is 9.84 Å². The Hall–Kier alpha value is -2.44. The van der Waals surface area contributed by atoms with E-state index in [0.29, 0.717) is 12.4 Å². The number of hydrogen-bond donors (Lipinski definition) is 1. The van der Waals surface area contributed by atoms with Crippen LogP contribution in [0.15, 0.2) is 24.3 Å². The van der Waals surface area contributed by atoms with Crippen LogP contribution in [0.25, 0.3) is 5.69 Å². The number of benzene rings is 1. The molecule has 1 heterocycles. The Balaban J connectivity index is 2.07. The predicted molar refractivity (Wildman–Crippen MR) is 66.3 cm³/mol. The minimum absolute atomic E-state index is 0.00499. The van der Waals surface area contributed by atoms with Crippen LogP contribution >= 0.6 is 0 Å². The molecule has 2 rings (SSSR count). The predicted octanol–water partition coefficient (Wildman–Crippen LogP) is 1.08. The van der Waals surface area contributed by atoms with E-state index >= 15 is 0 Å². The summed E-state index contributed by atoms with van der Waals surface area (Å²) >= 11 is 0. The second-order valence-electron chi connectivity index (χ2n) is 3.82. The first-order chi connectivity index (χ1) is 9.19. The Morgan fingerprint density at radius 1 is 1.37 bits per heavy atom. The number of tetrazole rings is 1. The van der Waals surface area contributed by atoms with Crippen molar-refractivity contribution in [3.8, 4) is 11.4 Å². The van der Waals surface area contributed by atoms with E-state index in [0.717, 1.165) is 11.4 Å². The molecule has 1 aromatic heterocycles. The van der Waals surface area contributed by atoms with Crippen molar-refractivity contribution in [3.05, 3.63) is 30.1 Å². The summed E-state index contributed by atoms with van der Waals surface area (Å²) in [6.45, 7) is 2.53. The van der Waals surface area contributed by atoms with Gasteiger partial charge in [-0.3, -0.25) is 4.79 Å². The summed E-state index contributed by atoms with van der Waals surface area (Å²) in [6, 6.07) is 7.26. The molecule has 0 unspecified atom stereocenters. The maximum absolute atomic E-state index is 10.5. The van der Waals surface area contributed by atoms with Crippen LogP contribution < -0.4 is 4.74 Å². The van der Waals surface area contributed by atoms with Crippen LogP contribution in [-0.2, 0) is 11.2 Å². The van der Waals surface area contributed by atoms with E-state index < -0.39 is 5.97 Å². The Labute approximate surface area is 109 Å². The number of carbonyl (C=O) groups is 1. The molecule has 19 heavy (non-hydrogen) atoms. The van der Waals surface area contributed by atoms with Gasteiger partial charge in [0.25, 0.3) is 0 Å². The molecule has 7 nitrogen and oxygen atoms in total. The van der Waals surface area contributed by atoms with E-state index in [1.54, 1.807) is 0 Å². The average Bonchev–Trinajstić information content (AvgIpc) is 2.86. The molecule has 0 spiro atoms. The van der Waals surface area contributed by atoms with Crippen molar-refractivity contribution in [2.24, 2.45) is 0 Å². The number of rotatable bonds is 6. The monoisotopic (exact) mass is 262 g/mol. The molecule has 0 bridgehead atoms. The number of aliphatic carboxylic acids is 1. The van der Waals surface area contributed by atoms with Gasteiger partial charge in [0.05, 0.1) is 18.7 Å². The Morgan fingerprint density at radius 2 is 2.11 bits per heavy atom. The number of hydrogen-bond acceptors (Lipinski definition) is 5. The van der Waals surface area contributed by atoms with Crippen LogP contribution in [0.1, 0.15) is 19.2 Å². The van der Waals surface area contributed by atoms with Crippen LogP contribution in [0.4, 0.5) is 0 Å². The van der Waals surface area contributed by atoms with Gasteiger partial charge < -0.3 is 9.84 Å². The van der Waals surface area contributed by atoms with E-state index in [-0.39, 0.29) is 12.8 Å². The molecule has 0 saturated heterocycles. The van der Waals surface area contributed by atoms with Gasteiger partial charge in [-0.05, 0) is 36.4 Å². The highest BCUT2D eigenvalue weighted by atomic mass is 16.5. The van der Waals surface area contributed by atoms with Crippen molar-refractivity contribution < 1.29 is 14.6 Å². The molecule has 0 atom stereocenters. The molecule has 100 valence electrons. The minimum Gasteiger partial charge on any atom is -0.494 e. The number of aromatic nitrogens is 4. The van der Waals surface area contributed by atoms with Crippen LogP contribution in [0, 0.1) is 0 Å². The van der Waals surface area contributed by atoms with Gasteiger partial charge in [0, 0.05) is 6.42 Å². The second kappa shape index (κ2) is 5.94. The van der Waals surface area contributed by atoms with Gasteiger partial charge in [-0.25, -0.2) is 0 Å². The summed E-state index contributed by atoms with van der Waals surface area (Å²) in [5, 5.41) is 20.4. The van der Waals surface area contributed by atoms with Crippen molar-refractivity contribution in [3.63, 3.8) is 0 Å². The molecule has 7 heteroatoms. The molecular weight excluding hydrogens is 248 g/mol. The fourth-order valence-electron chi connectivity index (χ4n) is 1.51. The maximum atomic E-state index is 10.5. The number of nitrogens with zero attached hydrogens (tertiary/aromatic N) is 4. The van der Waals surface area contributed by atoms with Gasteiger partial charge in [-0.15, -0.1) is 15.0 Å². The Kier molecular flexibility index (Phi) is 4.07. The summed E-state index contributed by atoms with van der Waals surface area (Å²) in [5.74, 6) is 0.311. The van der Waals surface area contributed by atoms with E-state index in [9.17, 15) is 4.79 Å². The first-order valence-electron chi connectivity index (χ1n) is 5.93. The van der Waals surface area contributed by atoms with E-state index in [1.807, 2.05) is 31.2 Å². The molecule has 0 aliphatic rings. The highest BCUT2D eigenvalue weighted by Gasteiger charge is 2.07. The smallest absolute Gasteiger partial charge is 0.303 e. The lowest BCUT2D eigenvalue weighted by molar-refractivity contribution is -0.137. The van der Waals surface area contributed by atoms with Gasteiger partial charge in [0.15, 0.2) is 5.82 Å².